The summed E-state index contributed by atoms with van der Waals surface area (Å²) >= 11 is 0. The maximum absolute atomic E-state index is 11.3. The average Bonchev–Trinajstić information content (AvgIpc) is 2.20. The number of nitrogens with one attached hydrogen (secondary N) is 1. The van der Waals surface area contributed by atoms with Crippen molar-refractivity contribution in [3.63, 3.8) is 0 Å². The Morgan fingerprint density at radius 3 is 2.44 bits per heavy atom. The van der Waals surface area contributed by atoms with Gasteiger partial charge in [-0.15, -0.1) is 0 Å². The Kier molecular flexibility index (Phi) is 8.13. The van der Waals surface area contributed by atoms with Crippen LogP contribution in [-0.4, -0.2) is 57.2 Å². The molecule has 1 N–H and O–H groups in total. The van der Waals surface area contributed by atoms with E-state index in [9.17, 15) is 13.2 Å². The predicted molar refractivity (Wildman–Crippen MR) is 70.8 cm³/mol. The van der Waals surface area contributed by atoms with Crippen LogP contribution in [0.5, 0.6) is 0 Å². The zero-order valence-corrected chi connectivity index (χ0v) is 12.4. The molecule has 0 aromatic rings. The van der Waals surface area contributed by atoms with E-state index in [1.807, 2.05) is 0 Å². The molecular weight excluding hydrogens is 256 g/mol. The Labute approximate surface area is 110 Å². The first-order valence-corrected chi connectivity index (χ1v) is 7.97. The topological polar surface area (TPSA) is 75.7 Å². The van der Waals surface area contributed by atoms with Gasteiger partial charge in [0.25, 0.3) is 0 Å². The van der Waals surface area contributed by atoms with Crippen LogP contribution in [0.4, 0.5) is 0 Å². The second-order valence-corrected chi connectivity index (χ2v) is 6.31. The highest BCUT2D eigenvalue weighted by Gasteiger charge is 2.13. The fourth-order valence-electron chi connectivity index (χ4n) is 1.43. The molecule has 0 heterocycles. The quantitative estimate of drug-likeness (QED) is 0.482. The first-order chi connectivity index (χ1) is 8.27. The Bertz CT molecular complexity index is 341. The van der Waals surface area contributed by atoms with Crippen molar-refractivity contribution >= 4 is 16.0 Å². The molecule has 0 fully saturated rings. The van der Waals surface area contributed by atoms with Crippen LogP contribution in [0, 0.1) is 0 Å². The molecular formula is C11H24N2O4S. The lowest BCUT2D eigenvalue weighted by molar-refractivity contribution is -0.146. The van der Waals surface area contributed by atoms with Gasteiger partial charge in [0.15, 0.2) is 0 Å². The molecule has 0 aliphatic carbocycles. The van der Waals surface area contributed by atoms with Gasteiger partial charge in [-0.25, -0.2) is 12.7 Å². The molecule has 0 spiro atoms. The number of carbonyl (C=O) groups is 1. The third-order valence-electron chi connectivity index (χ3n) is 2.22. The minimum absolute atomic E-state index is 0.111. The summed E-state index contributed by atoms with van der Waals surface area (Å²) < 4.78 is 28.9. The molecule has 0 aromatic heterocycles. The summed E-state index contributed by atoms with van der Waals surface area (Å²) in [7, 11) is -3.12. The van der Waals surface area contributed by atoms with Crippen molar-refractivity contribution in [1.29, 1.82) is 0 Å². The van der Waals surface area contributed by atoms with Gasteiger partial charge in [0.1, 0.15) is 0 Å². The zero-order chi connectivity index (χ0) is 14.2. The summed E-state index contributed by atoms with van der Waals surface area (Å²) in [5, 5.41) is 2.93. The smallest absolute Gasteiger partial charge is 0.320 e. The Morgan fingerprint density at radius 2 is 2.00 bits per heavy atom. The fraction of sp³-hybridized carbons (Fsp3) is 0.909. The van der Waals surface area contributed by atoms with Crippen molar-refractivity contribution in [2.75, 3.05) is 32.4 Å². The van der Waals surface area contributed by atoms with Crippen molar-refractivity contribution in [1.82, 2.24) is 9.62 Å². The highest BCUT2D eigenvalue weighted by molar-refractivity contribution is 7.88. The molecule has 0 bridgehead atoms. The average molecular weight is 280 g/mol. The van der Waals surface area contributed by atoms with Gasteiger partial charge in [0.2, 0.25) is 10.0 Å². The Morgan fingerprint density at radius 1 is 1.39 bits per heavy atom. The minimum atomic E-state index is -3.12. The van der Waals surface area contributed by atoms with Crippen LogP contribution in [0.2, 0.25) is 0 Å². The molecule has 0 atom stereocenters. The van der Waals surface area contributed by atoms with E-state index in [1.54, 1.807) is 20.8 Å². The summed E-state index contributed by atoms with van der Waals surface area (Å²) in [6.07, 6.45) is 1.75. The van der Waals surface area contributed by atoms with Crippen LogP contribution in [0.15, 0.2) is 0 Å². The van der Waals surface area contributed by atoms with E-state index in [1.165, 1.54) is 10.6 Å². The number of carbonyl (C=O) groups excluding carboxylic acids is 1. The lowest BCUT2D eigenvalue weighted by atomic mass is 10.4. The molecule has 0 radical (unpaired) electrons. The van der Waals surface area contributed by atoms with Crippen molar-refractivity contribution in [2.24, 2.45) is 0 Å². The minimum Gasteiger partial charge on any atom is -0.462 e. The Hall–Kier alpha value is -0.660. The molecule has 6 nitrogen and oxygen atoms in total. The zero-order valence-electron chi connectivity index (χ0n) is 11.6. The SMILES string of the molecule is CCN(CCCNCC(=O)OC(C)C)S(C)(=O)=O. The van der Waals surface area contributed by atoms with Gasteiger partial charge in [-0.3, -0.25) is 4.79 Å². The van der Waals surface area contributed by atoms with Crippen molar-refractivity contribution in [3.8, 4) is 0 Å². The number of rotatable bonds is 9. The third kappa shape index (κ3) is 8.43. The summed E-state index contributed by atoms with van der Waals surface area (Å²) in [6, 6.07) is 0. The molecule has 108 valence electrons. The molecule has 0 saturated heterocycles. The van der Waals surface area contributed by atoms with Crippen molar-refractivity contribution in [3.05, 3.63) is 0 Å². The van der Waals surface area contributed by atoms with Gasteiger partial charge in [0, 0.05) is 13.1 Å². The number of esters is 1. The Balaban J connectivity index is 3.71. The molecule has 7 heteroatoms. The summed E-state index contributed by atoms with van der Waals surface area (Å²) in [5.41, 5.74) is 0. The first kappa shape index (κ1) is 17.3. The molecule has 18 heavy (non-hydrogen) atoms. The van der Waals surface area contributed by atoms with Gasteiger partial charge >= 0.3 is 5.97 Å². The molecule has 0 rings (SSSR count). The molecule has 0 saturated carbocycles. The second-order valence-electron chi connectivity index (χ2n) is 4.32. The van der Waals surface area contributed by atoms with E-state index < -0.39 is 10.0 Å². The van der Waals surface area contributed by atoms with Crippen LogP contribution in [0.25, 0.3) is 0 Å². The van der Waals surface area contributed by atoms with Crippen LogP contribution < -0.4 is 5.32 Å². The van der Waals surface area contributed by atoms with E-state index in [4.69, 9.17) is 4.74 Å². The highest BCUT2D eigenvalue weighted by Crippen LogP contribution is 1.98. The lowest BCUT2D eigenvalue weighted by Gasteiger charge is -2.17. The van der Waals surface area contributed by atoms with Gasteiger partial charge in [-0.2, -0.15) is 0 Å². The maximum atomic E-state index is 11.3. The fourth-order valence-corrected chi connectivity index (χ4v) is 2.36. The van der Waals surface area contributed by atoms with Crippen LogP contribution >= 0.6 is 0 Å². The normalized spacial score (nSPS) is 12.1. The first-order valence-electron chi connectivity index (χ1n) is 6.12. The number of ether oxygens (including phenoxy) is 1. The highest BCUT2D eigenvalue weighted by atomic mass is 32.2. The molecule has 0 amide bonds. The van der Waals surface area contributed by atoms with Crippen molar-refractivity contribution in [2.45, 2.75) is 33.3 Å². The molecule has 0 unspecified atom stereocenters. The van der Waals surface area contributed by atoms with Crippen LogP contribution in [0.3, 0.4) is 0 Å². The monoisotopic (exact) mass is 280 g/mol. The number of hydrogen-bond acceptors (Lipinski definition) is 5. The summed E-state index contributed by atoms with van der Waals surface area (Å²) in [4.78, 5) is 11.2. The summed E-state index contributed by atoms with van der Waals surface area (Å²) in [5.74, 6) is -0.291. The third-order valence-corrected chi connectivity index (χ3v) is 3.60. The number of hydrogen-bond donors (Lipinski definition) is 1. The van der Waals surface area contributed by atoms with Crippen molar-refractivity contribution < 1.29 is 17.9 Å². The molecule has 0 aliphatic heterocycles. The van der Waals surface area contributed by atoms with E-state index >= 15 is 0 Å². The predicted octanol–water partition coefficient (Wildman–Crippen LogP) is 0.199. The van der Waals surface area contributed by atoms with E-state index in [2.05, 4.69) is 5.32 Å². The van der Waals surface area contributed by atoms with Gasteiger partial charge < -0.3 is 10.1 Å². The van der Waals surface area contributed by atoms with E-state index in [-0.39, 0.29) is 18.6 Å². The lowest BCUT2D eigenvalue weighted by Crippen LogP contribution is -2.33. The molecule has 0 aromatic carbocycles. The van der Waals surface area contributed by atoms with Crippen LogP contribution in [0.1, 0.15) is 27.2 Å². The molecule has 0 aliphatic rings. The number of nitrogens with zero attached hydrogens (tertiary/aromatic N) is 1. The van der Waals surface area contributed by atoms with Gasteiger partial charge in [-0.1, -0.05) is 6.92 Å². The van der Waals surface area contributed by atoms with E-state index in [0.29, 0.717) is 26.1 Å². The maximum Gasteiger partial charge on any atom is 0.320 e. The summed E-state index contributed by atoms with van der Waals surface area (Å²) in [6.45, 7) is 7.05. The van der Waals surface area contributed by atoms with Crippen LogP contribution in [-0.2, 0) is 19.6 Å². The largest absolute Gasteiger partial charge is 0.462 e. The van der Waals surface area contributed by atoms with Gasteiger partial charge in [0.05, 0.1) is 18.9 Å². The standard InChI is InChI=1S/C11H24N2O4S/c1-5-13(18(4,15)16)8-6-7-12-9-11(14)17-10(2)3/h10,12H,5-9H2,1-4H3. The van der Waals surface area contributed by atoms with Gasteiger partial charge in [-0.05, 0) is 26.8 Å². The second kappa shape index (κ2) is 8.44. The van der Waals surface area contributed by atoms with E-state index in [0.717, 1.165) is 0 Å². The number of sulfonamides is 1.